The van der Waals surface area contributed by atoms with Crippen LogP contribution in [0.3, 0.4) is 0 Å². The number of nitrogens with zero attached hydrogens (tertiary/aromatic N) is 3. The van der Waals surface area contributed by atoms with Crippen LogP contribution in [0.15, 0.2) is 48.1 Å². The van der Waals surface area contributed by atoms with Gasteiger partial charge in [0.15, 0.2) is 0 Å². The molecule has 124 valence electrons. The quantitative estimate of drug-likeness (QED) is 0.706. The summed E-state index contributed by atoms with van der Waals surface area (Å²) in [5.41, 5.74) is 1.34. The van der Waals surface area contributed by atoms with Crippen LogP contribution in [0.4, 0.5) is 5.82 Å². The van der Waals surface area contributed by atoms with E-state index in [-0.39, 0.29) is 0 Å². The normalized spacial score (nSPS) is 15.9. The Hall–Kier alpha value is -1.98. The second kappa shape index (κ2) is 7.28. The van der Waals surface area contributed by atoms with Crippen molar-refractivity contribution in [3.8, 4) is 0 Å². The van der Waals surface area contributed by atoms with Crippen molar-refractivity contribution in [2.24, 2.45) is 0 Å². The highest BCUT2D eigenvalue weighted by atomic mass is 32.1. The van der Waals surface area contributed by atoms with Gasteiger partial charge in [0.05, 0.1) is 18.1 Å². The largest absolute Gasteiger partial charge is 0.378 e. The highest BCUT2D eigenvalue weighted by Crippen LogP contribution is 2.29. The second-order valence-corrected chi connectivity index (χ2v) is 7.02. The highest BCUT2D eigenvalue weighted by molar-refractivity contribution is 7.16. The summed E-state index contributed by atoms with van der Waals surface area (Å²) in [6, 6.07) is 12.7. The first kappa shape index (κ1) is 15.5. The molecule has 0 N–H and O–H groups in total. The Kier molecular flexibility index (Phi) is 4.71. The van der Waals surface area contributed by atoms with Crippen LogP contribution in [0.2, 0.25) is 0 Å². The van der Waals surface area contributed by atoms with Crippen LogP contribution in [-0.4, -0.2) is 35.8 Å². The van der Waals surface area contributed by atoms with E-state index in [0.29, 0.717) is 6.10 Å². The van der Waals surface area contributed by atoms with Crippen molar-refractivity contribution in [2.75, 3.05) is 24.6 Å². The van der Waals surface area contributed by atoms with Crippen LogP contribution in [0, 0.1) is 0 Å². The third kappa shape index (κ3) is 3.42. The minimum Gasteiger partial charge on any atom is -0.378 e. The SMILES string of the molecule is c1ccc(CCOC2CCN(c3ncnc4sccc34)CC2)cc1. The summed E-state index contributed by atoms with van der Waals surface area (Å²) in [5.74, 6) is 1.07. The van der Waals surface area contributed by atoms with Crippen molar-refractivity contribution < 1.29 is 4.74 Å². The number of aromatic nitrogens is 2. The summed E-state index contributed by atoms with van der Waals surface area (Å²) in [6.07, 6.45) is 5.15. The van der Waals surface area contributed by atoms with Crippen LogP contribution < -0.4 is 4.90 Å². The van der Waals surface area contributed by atoms with Gasteiger partial charge in [-0.2, -0.15) is 0 Å². The lowest BCUT2D eigenvalue weighted by atomic mass is 10.1. The zero-order chi connectivity index (χ0) is 16.2. The lowest BCUT2D eigenvalue weighted by Crippen LogP contribution is -2.37. The lowest BCUT2D eigenvalue weighted by molar-refractivity contribution is 0.0390. The number of anilines is 1. The highest BCUT2D eigenvalue weighted by Gasteiger charge is 2.22. The number of piperidine rings is 1. The topological polar surface area (TPSA) is 38.2 Å². The Morgan fingerprint density at radius 1 is 1.08 bits per heavy atom. The maximum absolute atomic E-state index is 6.09. The van der Waals surface area contributed by atoms with Gasteiger partial charge < -0.3 is 9.64 Å². The predicted molar refractivity (Wildman–Crippen MR) is 98.7 cm³/mol. The first-order chi connectivity index (χ1) is 11.9. The maximum atomic E-state index is 6.09. The van der Waals surface area contributed by atoms with E-state index < -0.39 is 0 Å². The molecule has 0 spiro atoms. The van der Waals surface area contributed by atoms with Gasteiger partial charge in [0.25, 0.3) is 0 Å². The minimum atomic E-state index is 0.366. The zero-order valence-electron chi connectivity index (χ0n) is 13.6. The zero-order valence-corrected chi connectivity index (χ0v) is 14.4. The summed E-state index contributed by atoms with van der Waals surface area (Å²) in [7, 11) is 0. The van der Waals surface area contributed by atoms with E-state index in [0.717, 1.165) is 49.6 Å². The van der Waals surface area contributed by atoms with Gasteiger partial charge in [-0.25, -0.2) is 9.97 Å². The molecule has 3 heterocycles. The number of ether oxygens (including phenoxy) is 1. The monoisotopic (exact) mass is 339 g/mol. The molecule has 0 aliphatic carbocycles. The van der Waals surface area contributed by atoms with Gasteiger partial charge in [-0.05, 0) is 36.3 Å². The minimum absolute atomic E-state index is 0.366. The Bertz CT molecular complexity index is 781. The lowest BCUT2D eigenvalue weighted by Gasteiger charge is -2.33. The maximum Gasteiger partial charge on any atom is 0.140 e. The fourth-order valence-electron chi connectivity index (χ4n) is 3.25. The van der Waals surface area contributed by atoms with Crippen molar-refractivity contribution in [1.82, 2.24) is 9.97 Å². The van der Waals surface area contributed by atoms with Gasteiger partial charge in [0, 0.05) is 13.1 Å². The van der Waals surface area contributed by atoms with Gasteiger partial charge in [0.2, 0.25) is 0 Å². The van der Waals surface area contributed by atoms with Gasteiger partial charge >= 0.3 is 0 Å². The van der Waals surface area contributed by atoms with E-state index in [4.69, 9.17) is 4.74 Å². The Morgan fingerprint density at radius 3 is 2.75 bits per heavy atom. The van der Waals surface area contributed by atoms with E-state index in [1.165, 1.54) is 10.9 Å². The molecule has 0 unspecified atom stereocenters. The number of thiophene rings is 1. The second-order valence-electron chi connectivity index (χ2n) is 6.13. The molecule has 0 amide bonds. The predicted octanol–water partition coefficient (Wildman–Crippen LogP) is 3.92. The number of hydrogen-bond acceptors (Lipinski definition) is 5. The van der Waals surface area contributed by atoms with Crippen molar-refractivity contribution in [2.45, 2.75) is 25.4 Å². The molecular weight excluding hydrogens is 318 g/mol. The number of hydrogen-bond donors (Lipinski definition) is 0. The molecule has 0 radical (unpaired) electrons. The Labute approximate surface area is 146 Å². The number of rotatable bonds is 5. The van der Waals surface area contributed by atoms with Crippen molar-refractivity contribution >= 4 is 27.4 Å². The molecule has 1 aliphatic rings. The molecule has 4 nitrogen and oxygen atoms in total. The fourth-order valence-corrected chi connectivity index (χ4v) is 3.98. The third-order valence-electron chi connectivity index (χ3n) is 4.57. The summed E-state index contributed by atoms with van der Waals surface area (Å²) >= 11 is 1.67. The van der Waals surface area contributed by atoms with E-state index >= 15 is 0 Å². The van der Waals surface area contributed by atoms with Gasteiger partial charge in [-0.1, -0.05) is 30.3 Å². The van der Waals surface area contributed by atoms with Crippen LogP contribution in [0.5, 0.6) is 0 Å². The van der Waals surface area contributed by atoms with Gasteiger partial charge in [0.1, 0.15) is 17.0 Å². The molecule has 3 aromatic rings. The van der Waals surface area contributed by atoms with E-state index in [2.05, 4.69) is 56.6 Å². The molecular formula is C19H21N3OS. The average Bonchev–Trinajstić information content (AvgIpc) is 3.12. The van der Waals surface area contributed by atoms with Gasteiger partial charge in [-0.15, -0.1) is 11.3 Å². The first-order valence-corrected chi connectivity index (χ1v) is 9.37. The average molecular weight is 339 g/mol. The third-order valence-corrected chi connectivity index (χ3v) is 5.39. The van der Waals surface area contributed by atoms with Crippen molar-refractivity contribution in [1.29, 1.82) is 0 Å². The fraction of sp³-hybridized carbons (Fsp3) is 0.368. The van der Waals surface area contributed by atoms with Crippen LogP contribution in [-0.2, 0) is 11.2 Å². The summed E-state index contributed by atoms with van der Waals surface area (Å²) in [6.45, 7) is 2.80. The van der Waals surface area contributed by atoms with E-state index in [9.17, 15) is 0 Å². The first-order valence-electron chi connectivity index (χ1n) is 8.49. The number of benzene rings is 1. The molecule has 24 heavy (non-hydrogen) atoms. The molecule has 1 aliphatic heterocycles. The molecule has 1 fully saturated rings. The standard InChI is InChI=1S/C19H21N3OS/c1-2-4-15(5-3-1)8-12-23-16-6-10-22(11-7-16)18-17-9-13-24-19(17)21-14-20-18/h1-5,9,13-14,16H,6-8,10-12H2. The molecule has 0 atom stereocenters. The molecule has 0 saturated carbocycles. The van der Waals surface area contributed by atoms with Crippen LogP contribution in [0.25, 0.3) is 10.2 Å². The summed E-state index contributed by atoms with van der Waals surface area (Å²) < 4.78 is 6.09. The van der Waals surface area contributed by atoms with Crippen LogP contribution >= 0.6 is 11.3 Å². The summed E-state index contributed by atoms with van der Waals surface area (Å²) in [5, 5.41) is 3.26. The molecule has 5 heteroatoms. The van der Waals surface area contributed by atoms with Crippen molar-refractivity contribution in [3.63, 3.8) is 0 Å². The molecule has 1 aromatic carbocycles. The smallest absolute Gasteiger partial charge is 0.140 e. The van der Waals surface area contributed by atoms with Crippen molar-refractivity contribution in [3.05, 3.63) is 53.7 Å². The molecule has 4 rings (SSSR count). The number of fused-ring (bicyclic) bond motifs is 1. The summed E-state index contributed by atoms with van der Waals surface area (Å²) in [4.78, 5) is 12.3. The Morgan fingerprint density at radius 2 is 1.92 bits per heavy atom. The van der Waals surface area contributed by atoms with E-state index in [1.807, 2.05) is 0 Å². The van der Waals surface area contributed by atoms with Crippen LogP contribution in [0.1, 0.15) is 18.4 Å². The van der Waals surface area contributed by atoms with Gasteiger partial charge in [-0.3, -0.25) is 0 Å². The molecule has 1 saturated heterocycles. The Balaban J connectivity index is 1.30. The molecule has 2 aromatic heterocycles. The molecule has 0 bridgehead atoms. The van der Waals surface area contributed by atoms with E-state index in [1.54, 1.807) is 17.7 Å².